The van der Waals surface area contributed by atoms with Crippen LogP contribution in [0, 0.1) is 22.7 Å². The summed E-state index contributed by atoms with van der Waals surface area (Å²) in [6.07, 6.45) is 5.91. The van der Waals surface area contributed by atoms with Crippen molar-refractivity contribution in [1.29, 1.82) is 5.26 Å². The van der Waals surface area contributed by atoms with Gasteiger partial charge < -0.3 is 9.64 Å². The lowest BCUT2D eigenvalue weighted by atomic mass is 9.71. The summed E-state index contributed by atoms with van der Waals surface area (Å²) in [6.45, 7) is 8.51. The van der Waals surface area contributed by atoms with Gasteiger partial charge in [0.1, 0.15) is 6.07 Å². The van der Waals surface area contributed by atoms with Gasteiger partial charge in [0.25, 0.3) is 0 Å². The van der Waals surface area contributed by atoms with E-state index in [-0.39, 0.29) is 6.09 Å². The van der Waals surface area contributed by atoms with Crippen LogP contribution in [0.3, 0.4) is 0 Å². The zero-order valence-corrected chi connectivity index (χ0v) is 19.6. The van der Waals surface area contributed by atoms with E-state index in [9.17, 15) is 4.79 Å². The Kier molecular flexibility index (Phi) is 5.84. The molecule has 1 atom stereocenters. The molecule has 0 N–H and O–H groups in total. The number of hydrogen-bond acceptors (Lipinski definition) is 5. The van der Waals surface area contributed by atoms with Crippen molar-refractivity contribution in [3.63, 3.8) is 0 Å². The SMILES string of the molecule is CC(C)COC(=O)N1CCC2(CC1)CN([C@@H]1CCc3cc(-c4ccc(C#N)cn4)ccc31)C2. The van der Waals surface area contributed by atoms with Crippen LogP contribution in [-0.2, 0) is 11.2 Å². The van der Waals surface area contributed by atoms with Gasteiger partial charge in [0, 0.05) is 44.0 Å². The number of hydrogen-bond donors (Lipinski definition) is 0. The molecule has 5 rings (SSSR count). The summed E-state index contributed by atoms with van der Waals surface area (Å²) >= 11 is 0. The molecule has 1 amide bonds. The van der Waals surface area contributed by atoms with Crippen LogP contribution in [0.15, 0.2) is 36.5 Å². The Morgan fingerprint density at radius 3 is 2.70 bits per heavy atom. The maximum Gasteiger partial charge on any atom is 0.409 e. The average Bonchev–Trinajstić information content (AvgIpc) is 3.24. The number of likely N-dealkylation sites (tertiary alicyclic amines) is 2. The van der Waals surface area contributed by atoms with Crippen LogP contribution in [0.4, 0.5) is 4.79 Å². The maximum atomic E-state index is 12.3. The minimum atomic E-state index is -0.146. The molecule has 2 fully saturated rings. The van der Waals surface area contributed by atoms with E-state index in [1.807, 2.05) is 17.0 Å². The number of aryl methyl sites for hydroxylation is 1. The highest BCUT2D eigenvalue weighted by Crippen LogP contribution is 2.48. The molecule has 33 heavy (non-hydrogen) atoms. The lowest BCUT2D eigenvalue weighted by Crippen LogP contribution is -2.61. The topological polar surface area (TPSA) is 69.5 Å². The Labute approximate surface area is 196 Å². The van der Waals surface area contributed by atoms with Crippen LogP contribution < -0.4 is 0 Å². The fourth-order valence-electron chi connectivity index (χ4n) is 5.61. The summed E-state index contributed by atoms with van der Waals surface area (Å²) in [4.78, 5) is 21.2. The number of carbonyl (C=O) groups excluding carboxylic acids is 1. The number of amides is 1. The summed E-state index contributed by atoms with van der Waals surface area (Å²) in [5.41, 5.74) is 5.87. The lowest BCUT2D eigenvalue weighted by Gasteiger charge is -2.56. The van der Waals surface area contributed by atoms with E-state index in [1.165, 1.54) is 17.5 Å². The number of fused-ring (bicyclic) bond motifs is 1. The Bertz CT molecular complexity index is 1060. The number of benzene rings is 1. The summed E-state index contributed by atoms with van der Waals surface area (Å²) in [5, 5.41) is 8.99. The van der Waals surface area contributed by atoms with Gasteiger partial charge in [-0.25, -0.2) is 4.79 Å². The minimum absolute atomic E-state index is 0.146. The van der Waals surface area contributed by atoms with Gasteiger partial charge in [0.2, 0.25) is 0 Å². The van der Waals surface area contributed by atoms with Crippen LogP contribution >= 0.6 is 0 Å². The van der Waals surface area contributed by atoms with E-state index in [4.69, 9.17) is 10.00 Å². The molecular formula is C27H32N4O2. The first-order chi connectivity index (χ1) is 16.0. The Morgan fingerprint density at radius 2 is 2.03 bits per heavy atom. The molecule has 2 aromatic rings. The third-order valence-corrected chi connectivity index (χ3v) is 7.52. The van der Waals surface area contributed by atoms with Gasteiger partial charge in [-0.3, -0.25) is 9.88 Å². The van der Waals surface area contributed by atoms with Gasteiger partial charge in [0.15, 0.2) is 0 Å². The number of pyridine rings is 1. The first kappa shape index (κ1) is 21.9. The highest BCUT2D eigenvalue weighted by atomic mass is 16.6. The van der Waals surface area contributed by atoms with Crippen LogP contribution in [0.1, 0.15) is 55.8 Å². The summed E-state index contributed by atoms with van der Waals surface area (Å²) in [6, 6.07) is 13.1. The first-order valence-electron chi connectivity index (χ1n) is 12.1. The second kappa shape index (κ2) is 8.79. The standard InChI is InChI=1S/C27H32N4O2/c1-19(2)16-33-26(32)30-11-9-27(10-12-30)17-31(18-27)25-8-5-21-13-22(4-6-23(21)25)24-7-3-20(14-28)15-29-24/h3-4,6-7,13,15,19,25H,5,8-12,16-18H2,1-2H3/t25-/m1/s1. The Balaban J connectivity index is 1.18. The van der Waals surface area contributed by atoms with Gasteiger partial charge in [-0.1, -0.05) is 26.0 Å². The highest BCUT2D eigenvalue weighted by molar-refractivity contribution is 5.67. The molecule has 3 aliphatic rings. The van der Waals surface area contributed by atoms with E-state index < -0.39 is 0 Å². The average molecular weight is 445 g/mol. The van der Waals surface area contributed by atoms with Crippen LogP contribution in [0.25, 0.3) is 11.3 Å². The molecule has 3 heterocycles. The fraction of sp³-hybridized carbons (Fsp3) is 0.519. The molecule has 2 aliphatic heterocycles. The second-order valence-corrected chi connectivity index (χ2v) is 10.4. The molecule has 1 aromatic heterocycles. The molecule has 0 bridgehead atoms. The Hall–Kier alpha value is -2.91. The third kappa shape index (κ3) is 4.35. The number of nitriles is 1. The number of ether oxygens (including phenoxy) is 1. The second-order valence-electron chi connectivity index (χ2n) is 10.4. The number of piperidine rings is 1. The van der Waals surface area contributed by atoms with Crippen molar-refractivity contribution in [3.05, 3.63) is 53.2 Å². The molecule has 0 unspecified atom stereocenters. The zero-order valence-electron chi connectivity index (χ0n) is 19.6. The van der Waals surface area contributed by atoms with Gasteiger partial charge in [-0.05, 0) is 66.3 Å². The van der Waals surface area contributed by atoms with Crippen molar-refractivity contribution in [2.24, 2.45) is 11.3 Å². The molecule has 6 nitrogen and oxygen atoms in total. The normalized spacial score (nSPS) is 21.5. The first-order valence-corrected chi connectivity index (χ1v) is 12.1. The minimum Gasteiger partial charge on any atom is -0.449 e. The van der Waals surface area contributed by atoms with E-state index in [0.717, 1.165) is 56.7 Å². The van der Waals surface area contributed by atoms with Crippen molar-refractivity contribution >= 4 is 6.09 Å². The monoisotopic (exact) mass is 444 g/mol. The van der Waals surface area contributed by atoms with Crippen molar-refractivity contribution in [2.45, 2.75) is 45.6 Å². The largest absolute Gasteiger partial charge is 0.449 e. The summed E-state index contributed by atoms with van der Waals surface area (Å²) < 4.78 is 5.42. The molecule has 172 valence electrons. The van der Waals surface area contributed by atoms with E-state index in [0.29, 0.717) is 29.5 Å². The van der Waals surface area contributed by atoms with Crippen molar-refractivity contribution in [1.82, 2.24) is 14.8 Å². The van der Waals surface area contributed by atoms with Gasteiger partial charge in [0.05, 0.1) is 17.9 Å². The quantitative estimate of drug-likeness (QED) is 0.678. The smallest absolute Gasteiger partial charge is 0.409 e. The van der Waals surface area contributed by atoms with Crippen molar-refractivity contribution in [3.8, 4) is 17.3 Å². The molecule has 0 radical (unpaired) electrons. The Morgan fingerprint density at radius 1 is 1.24 bits per heavy atom. The van der Waals surface area contributed by atoms with Crippen molar-refractivity contribution < 1.29 is 9.53 Å². The predicted octanol–water partition coefficient (Wildman–Crippen LogP) is 4.80. The van der Waals surface area contributed by atoms with Crippen LogP contribution in [-0.4, -0.2) is 53.7 Å². The van der Waals surface area contributed by atoms with E-state index in [2.05, 4.69) is 48.0 Å². The van der Waals surface area contributed by atoms with Crippen LogP contribution in [0.2, 0.25) is 0 Å². The van der Waals surface area contributed by atoms with E-state index >= 15 is 0 Å². The molecule has 1 spiro atoms. The molecule has 0 saturated carbocycles. The molecular weight excluding hydrogens is 412 g/mol. The third-order valence-electron chi connectivity index (χ3n) is 7.52. The van der Waals surface area contributed by atoms with Crippen molar-refractivity contribution in [2.75, 3.05) is 32.8 Å². The van der Waals surface area contributed by atoms with Crippen LogP contribution in [0.5, 0.6) is 0 Å². The molecule has 6 heteroatoms. The lowest BCUT2D eigenvalue weighted by molar-refractivity contribution is -0.0681. The van der Waals surface area contributed by atoms with E-state index in [1.54, 1.807) is 6.20 Å². The number of carbonyl (C=O) groups is 1. The zero-order chi connectivity index (χ0) is 23.0. The number of nitrogens with zero attached hydrogens (tertiary/aromatic N) is 4. The summed E-state index contributed by atoms with van der Waals surface area (Å²) in [5.74, 6) is 0.371. The highest BCUT2D eigenvalue weighted by Gasteiger charge is 2.48. The molecule has 1 aliphatic carbocycles. The van der Waals surface area contributed by atoms with Gasteiger partial charge in [-0.2, -0.15) is 5.26 Å². The van der Waals surface area contributed by atoms with Gasteiger partial charge in [-0.15, -0.1) is 0 Å². The number of aromatic nitrogens is 1. The van der Waals surface area contributed by atoms with Gasteiger partial charge >= 0.3 is 6.09 Å². The fourth-order valence-corrected chi connectivity index (χ4v) is 5.61. The predicted molar refractivity (Wildman–Crippen MR) is 126 cm³/mol. The number of rotatable bonds is 4. The molecule has 2 saturated heterocycles. The summed E-state index contributed by atoms with van der Waals surface area (Å²) in [7, 11) is 0. The maximum absolute atomic E-state index is 12.3. The molecule has 1 aromatic carbocycles.